The Morgan fingerprint density at radius 2 is 1.80 bits per heavy atom. The largest absolute Gasteiger partial charge is 0.478 e. The van der Waals surface area contributed by atoms with Crippen molar-refractivity contribution in [1.82, 2.24) is 0 Å². The maximum Gasteiger partial charge on any atom is 0.331 e. The Morgan fingerprint density at radius 1 is 1.27 bits per heavy atom. The van der Waals surface area contributed by atoms with Gasteiger partial charge >= 0.3 is 5.97 Å². The number of carboxylic acids is 1. The summed E-state index contributed by atoms with van der Waals surface area (Å²) in [6.07, 6.45) is 0.648. The van der Waals surface area contributed by atoms with Crippen LogP contribution in [0.5, 0.6) is 0 Å². The summed E-state index contributed by atoms with van der Waals surface area (Å²) in [4.78, 5) is 10.7. The molecule has 0 heterocycles. The fraction of sp³-hybridized carbons (Fsp3) is 0.250. The molecule has 0 aliphatic heterocycles. The molecule has 0 atom stereocenters. The van der Waals surface area contributed by atoms with Gasteiger partial charge in [-0.05, 0) is 38.0 Å². The minimum Gasteiger partial charge on any atom is -0.478 e. The SMILES string of the molecule is C/C(Cc1ccc(Cl)cc1)=C(/C)C(=O)O. The molecular weight excluding hydrogens is 212 g/mol. The molecule has 0 aliphatic rings. The number of allylic oxidation sites excluding steroid dienone is 1. The molecule has 80 valence electrons. The summed E-state index contributed by atoms with van der Waals surface area (Å²) in [5.41, 5.74) is 2.34. The zero-order valence-electron chi connectivity index (χ0n) is 8.75. The van der Waals surface area contributed by atoms with Gasteiger partial charge in [0.05, 0.1) is 0 Å². The van der Waals surface area contributed by atoms with Gasteiger partial charge in [-0.3, -0.25) is 0 Å². The van der Waals surface area contributed by atoms with E-state index < -0.39 is 5.97 Å². The number of hydrogen-bond donors (Lipinski definition) is 1. The van der Waals surface area contributed by atoms with Crippen LogP contribution in [0.2, 0.25) is 5.02 Å². The predicted molar refractivity (Wildman–Crippen MR) is 61.2 cm³/mol. The summed E-state index contributed by atoms with van der Waals surface area (Å²) in [5.74, 6) is -0.860. The molecule has 0 amide bonds. The molecule has 0 bridgehead atoms. The van der Waals surface area contributed by atoms with E-state index >= 15 is 0 Å². The van der Waals surface area contributed by atoms with E-state index in [4.69, 9.17) is 16.7 Å². The summed E-state index contributed by atoms with van der Waals surface area (Å²) in [6, 6.07) is 7.42. The Kier molecular flexibility index (Phi) is 3.92. The van der Waals surface area contributed by atoms with Gasteiger partial charge in [-0.1, -0.05) is 29.3 Å². The van der Waals surface area contributed by atoms with Crippen LogP contribution in [0.3, 0.4) is 0 Å². The molecule has 0 saturated carbocycles. The third-order valence-corrected chi connectivity index (χ3v) is 2.60. The highest BCUT2D eigenvalue weighted by molar-refractivity contribution is 6.30. The molecule has 3 heteroatoms. The number of benzene rings is 1. The Balaban J connectivity index is 2.83. The molecule has 0 unspecified atom stereocenters. The highest BCUT2D eigenvalue weighted by Gasteiger charge is 2.05. The van der Waals surface area contributed by atoms with Crippen LogP contribution in [0.15, 0.2) is 35.4 Å². The van der Waals surface area contributed by atoms with Gasteiger partial charge in [0.2, 0.25) is 0 Å². The number of hydrogen-bond acceptors (Lipinski definition) is 1. The lowest BCUT2D eigenvalue weighted by atomic mass is 10.0. The smallest absolute Gasteiger partial charge is 0.331 e. The number of aliphatic carboxylic acids is 1. The van der Waals surface area contributed by atoms with Gasteiger partial charge in [-0.25, -0.2) is 4.79 Å². The van der Waals surface area contributed by atoms with Crippen molar-refractivity contribution in [1.29, 1.82) is 0 Å². The molecule has 0 fully saturated rings. The Morgan fingerprint density at radius 3 is 2.27 bits per heavy atom. The highest BCUT2D eigenvalue weighted by atomic mass is 35.5. The second kappa shape index (κ2) is 4.99. The second-order valence-corrected chi connectivity index (χ2v) is 3.95. The maximum absolute atomic E-state index is 10.7. The molecule has 1 rings (SSSR count). The van der Waals surface area contributed by atoms with Gasteiger partial charge in [-0.15, -0.1) is 0 Å². The van der Waals surface area contributed by atoms with Gasteiger partial charge in [0.1, 0.15) is 0 Å². The third-order valence-electron chi connectivity index (χ3n) is 2.34. The average Bonchev–Trinajstić information content (AvgIpc) is 2.20. The first-order valence-corrected chi connectivity index (χ1v) is 5.02. The molecule has 2 nitrogen and oxygen atoms in total. The quantitative estimate of drug-likeness (QED) is 0.800. The number of carboxylic acid groups (broad SMARTS) is 1. The minimum absolute atomic E-state index is 0.407. The van der Waals surface area contributed by atoms with Crippen molar-refractivity contribution in [2.75, 3.05) is 0 Å². The van der Waals surface area contributed by atoms with E-state index in [1.54, 1.807) is 19.1 Å². The average molecular weight is 225 g/mol. The zero-order valence-corrected chi connectivity index (χ0v) is 9.51. The molecule has 1 N–H and O–H groups in total. The van der Waals surface area contributed by atoms with E-state index in [9.17, 15) is 4.79 Å². The predicted octanol–water partition coefficient (Wildman–Crippen LogP) is 3.30. The molecule has 15 heavy (non-hydrogen) atoms. The zero-order chi connectivity index (χ0) is 11.4. The molecule has 0 aromatic heterocycles. The summed E-state index contributed by atoms with van der Waals surface area (Å²) in [5, 5.41) is 9.49. The van der Waals surface area contributed by atoms with Gasteiger partial charge in [-0.2, -0.15) is 0 Å². The van der Waals surface area contributed by atoms with Gasteiger partial charge in [0.15, 0.2) is 0 Å². The second-order valence-electron chi connectivity index (χ2n) is 3.51. The van der Waals surface area contributed by atoms with Crippen molar-refractivity contribution < 1.29 is 9.90 Å². The van der Waals surface area contributed by atoms with Crippen LogP contribution in [-0.4, -0.2) is 11.1 Å². The van der Waals surface area contributed by atoms with Crippen molar-refractivity contribution >= 4 is 17.6 Å². The first-order chi connectivity index (χ1) is 7.00. The van der Waals surface area contributed by atoms with Crippen LogP contribution in [-0.2, 0) is 11.2 Å². The summed E-state index contributed by atoms with van der Waals surface area (Å²) < 4.78 is 0. The van der Waals surface area contributed by atoms with E-state index in [0.717, 1.165) is 11.1 Å². The monoisotopic (exact) mass is 224 g/mol. The number of carbonyl (C=O) groups is 1. The Labute approximate surface area is 94.2 Å². The van der Waals surface area contributed by atoms with Crippen LogP contribution in [0.25, 0.3) is 0 Å². The number of halogens is 1. The lowest BCUT2D eigenvalue weighted by molar-refractivity contribution is -0.132. The van der Waals surface area contributed by atoms with Crippen LogP contribution < -0.4 is 0 Å². The third kappa shape index (κ3) is 3.40. The van der Waals surface area contributed by atoms with E-state index in [-0.39, 0.29) is 0 Å². The molecule has 0 radical (unpaired) electrons. The van der Waals surface area contributed by atoms with E-state index in [1.807, 2.05) is 19.1 Å². The molecule has 0 aliphatic carbocycles. The van der Waals surface area contributed by atoms with Crippen LogP contribution >= 0.6 is 11.6 Å². The van der Waals surface area contributed by atoms with Gasteiger partial charge < -0.3 is 5.11 Å². The summed E-state index contributed by atoms with van der Waals surface area (Å²) in [7, 11) is 0. The van der Waals surface area contributed by atoms with E-state index in [2.05, 4.69) is 0 Å². The highest BCUT2D eigenvalue weighted by Crippen LogP contribution is 2.15. The fourth-order valence-corrected chi connectivity index (χ4v) is 1.35. The standard InChI is InChI=1S/C12H13ClO2/c1-8(9(2)12(14)15)7-10-3-5-11(13)6-4-10/h3-6H,7H2,1-2H3,(H,14,15)/b9-8+. The molecular formula is C12H13ClO2. The fourth-order valence-electron chi connectivity index (χ4n) is 1.22. The van der Waals surface area contributed by atoms with E-state index in [1.165, 1.54) is 0 Å². The van der Waals surface area contributed by atoms with Gasteiger partial charge in [0.25, 0.3) is 0 Å². The molecule has 0 spiro atoms. The lowest BCUT2D eigenvalue weighted by Gasteiger charge is -2.04. The van der Waals surface area contributed by atoms with Gasteiger partial charge in [0, 0.05) is 10.6 Å². The molecule has 1 aromatic rings. The Hall–Kier alpha value is -1.28. The van der Waals surface area contributed by atoms with Crippen molar-refractivity contribution in [2.24, 2.45) is 0 Å². The molecule has 0 saturated heterocycles. The van der Waals surface area contributed by atoms with Crippen LogP contribution in [0.1, 0.15) is 19.4 Å². The topological polar surface area (TPSA) is 37.3 Å². The minimum atomic E-state index is -0.860. The Bertz CT molecular complexity index is 391. The van der Waals surface area contributed by atoms with Crippen molar-refractivity contribution in [3.05, 3.63) is 46.0 Å². The summed E-state index contributed by atoms with van der Waals surface area (Å²) in [6.45, 7) is 3.45. The van der Waals surface area contributed by atoms with Crippen LogP contribution in [0.4, 0.5) is 0 Å². The normalized spacial score (nSPS) is 12.2. The lowest BCUT2D eigenvalue weighted by Crippen LogP contribution is -2.01. The first-order valence-electron chi connectivity index (χ1n) is 4.65. The van der Waals surface area contributed by atoms with Crippen molar-refractivity contribution in [2.45, 2.75) is 20.3 Å². The van der Waals surface area contributed by atoms with Crippen molar-refractivity contribution in [3.8, 4) is 0 Å². The summed E-state index contributed by atoms with van der Waals surface area (Å²) >= 11 is 5.76. The van der Waals surface area contributed by atoms with E-state index in [0.29, 0.717) is 17.0 Å². The number of rotatable bonds is 3. The van der Waals surface area contributed by atoms with Crippen molar-refractivity contribution in [3.63, 3.8) is 0 Å². The molecule has 1 aromatic carbocycles. The first kappa shape index (κ1) is 11.8. The maximum atomic E-state index is 10.7. The van der Waals surface area contributed by atoms with Crippen LogP contribution in [0, 0.1) is 0 Å².